The van der Waals surface area contributed by atoms with Crippen molar-refractivity contribution in [3.63, 3.8) is 0 Å². The minimum absolute atomic E-state index is 0.171. The van der Waals surface area contributed by atoms with E-state index in [1.54, 1.807) is 31.2 Å². The molecule has 2 N–H and O–H groups in total. The molecule has 18 heavy (non-hydrogen) atoms. The van der Waals surface area contributed by atoms with Crippen molar-refractivity contribution in [1.82, 2.24) is 4.98 Å². The van der Waals surface area contributed by atoms with Crippen LogP contribution < -0.4 is 4.72 Å². The standard InChI is InChI=1S/C12H12N2O3S/c1-9-5-4-8-13-12(9)14-18(16,17)11-7-3-2-6-10(11)15/h2-8,15H,1H3,(H,13,14). The van der Waals surface area contributed by atoms with Crippen LogP contribution in [-0.2, 0) is 10.0 Å². The number of phenolic OH excluding ortho intramolecular Hbond substituents is 1. The van der Waals surface area contributed by atoms with Gasteiger partial charge in [0.2, 0.25) is 0 Å². The normalized spacial score (nSPS) is 11.2. The second-order valence-corrected chi connectivity index (χ2v) is 5.39. The number of benzene rings is 1. The van der Waals surface area contributed by atoms with Crippen molar-refractivity contribution in [3.05, 3.63) is 48.2 Å². The zero-order valence-electron chi connectivity index (χ0n) is 9.66. The summed E-state index contributed by atoms with van der Waals surface area (Å²) in [4.78, 5) is 3.78. The molecule has 0 amide bonds. The van der Waals surface area contributed by atoms with E-state index in [2.05, 4.69) is 9.71 Å². The second-order valence-electron chi connectivity index (χ2n) is 3.74. The van der Waals surface area contributed by atoms with Gasteiger partial charge in [0, 0.05) is 6.20 Å². The average Bonchev–Trinajstić information content (AvgIpc) is 2.32. The number of rotatable bonds is 3. The van der Waals surface area contributed by atoms with Crippen molar-refractivity contribution in [3.8, 4) is 5.75 Å². The highest BCUT2D eigenvalue weighted by atomic mass is 32.2. The summed E-state index contributed by atoms with van der Waals surface area (Å²) in [7, 11) is -3.83. The number of aromatic hydroxyl groups is 1. The maximum Gasteiger partial charge on any atom is 0.266 e. The minimum atomic E-state index is -3.83. The molecule has 5 nitrogen and oxygen atoms in total. The molecule has 1 aromatic heterocycles. The van der Waals surface area contributed by atoms with Gasteiger partial charge in [-0.15, -0.1) is 0 Å². The number of aryl methyl sites for hydroxylation is 1. The van der Waals surface area contributed by atoms with E-state index in [4.69, 9.17) is 0 Å². The fraction of sp³-hybridized carbons (Fsp3) is 0.0833. The lowest BCUT2D eigenvalue weighted by Gasteiger charge is -2.10. The molecule has 0 saturated heterocycles. The van der Waals surface area contributed by atoms with E-state index >= 15 is 0 Å². The van der Waals surface area contributed by atoms with E-state index in [1.807, 2.05) is 0 Å². The van der Waals surface area contributed by atoms with Crippen molar-refractivity contribution in [1.29, 1.82) is 0 Å². The number of sulfonamides is 1. The summed E-state index contributed by atoms with van der Waals surface area (Å²) in [5.74, 6) is -0.0423. The molecular weight excluding hydrogens is 252 g/mol. The Kier molecular flexibility index (Phi) is 3.20. The van der Waals surface area contributed by atoms with Crippen LogP contribution in [0.1, 0.15) is 5.56 Å². The number of anilines is 1. The van der Waals surface area contributed by atoms with E-state index in [0.717, 1.165) is 0 Å². The second kappa shape index (κ2) is 4.66. The molecule has 0 fully saturated rings. The number of hydrogen-bond donors (Lipinski definition) is 2. The van der Waals surface area contributed by atoms with Crippen LogP contribution in [0.4, 0.5) is 5.82 Å². The Hall–Kier alpha value is -2.08. The largest absolute Gasteiger partial charge is 0.507 e. The molecule has 2 rings (SSSR count). The van der Waals surface area contributed by atoms with Gasteiger partial charge in [0.05, 0.1) is 0 Å². The Morgan fingerprint density at radius 2 is 1.89 bits per heavy atom. The van der Waals surface area contributed by atoms with Gasteiger partial charge < -0.3 is 5.11 Å². The quantitative estimate of drug-likeness (QED) is 0.887. The Morgan fingerprint density at radius 3 is 2.56 bits per heavy atom. The van der Waals surface area contributed by atoms with Gasteiger partial charge in [0.1, 0.15) is 16.5 Å². The summed E-state index contributed by atoms with van der Waals surface area (Å²) in [6, 6.07) is 9.21. The Bertz CT molecular complexity index is 669. The van der Waals surface area contributed by atoms with Crippen molar-refractivity contribution in [2.45, 2.75) is 11.8 Å². The number of nitrogens with one attached hydrogen (secondary N) is 1. The highest BCUT2D eigenvalue weighted by molar-refractivity contribution is 7.92. The smallest absolute Gasteiger partial charge is 0.266 e. The number of pyridine rings is 1. The summed E-state index contributed by atoms with van der Waals surface area (Å²) >= 11 is 0. The molecule has 0 saturated carbocycles. The maximum absolute atomic E-state index is 12.1. The topological polar surface area (TPSA) is 79.3 Å². The first-order valence-electron chi connectivity index (χ1n) is 5.23. The highest BCUT2D eigenvalue weighted by Crippen LogP contribution is 2.24. The Morgan fingerprint density at radius 1 is 1.17 bits per heavy atom. The third kappa shape index (κ3) is 2.43. The zero-order valence-corrected chi connectivity index (χ0v) is 10.5. The molecule has 0 bridgehead atoms. The van der Waals surface area contributed by atoms with Crippen LogP contribution in [0, 0.1) is 6.92 Å². The van der Waals surface area contributed by atoms with E-state index in [0.29, 0.717) is 5.56 Å². The average molecular weight is 264 g/mol. The SMILES string of the molecule is Cc1cccnc1NS(=O)(=O)c1ccccc1O. The molecule has 0 aliphatic rings. The maximum atomic E-state index is 12.1. The lowest BCUT2D eigenvalue weighted by Crippen LogP contribution is -2.14. The van der Waals surface area contributed by atoms with Crippen molar-refractivity contribution >= 4 is 15.8 Å². The molecular formula is C12H12N2O3S. The third-order valence-corrected chi connectivity index (χ3v) is 3.78. The van der Waals surface area contributed by atoms with Crippen LogP contribution in [0.3, 0.4) is 0 Å². The monoisotopic (exact) mass is 264 g/mol. The third-order valence-electron chi connectivity index (χ3n) is 2.40. The van der Waals surface area contributed by atoms with Gasteiger partial charge in [0.25, 0.3) is 10.0 Å². The summed E-state index contributed by atoms with van der Waals surface area (Å²) in [6.45, 7) is 1.75. The molecule has 0 unspecified atom stereocenters. The molecule has 94 valence electrons. The van der Waals surface area contributed by atoms with Gasteiger partial charge in [-0.3, -0.25) is 4.72 Å². The van der Waals surface area contributed by atoms with Crippen LogP contribution in [0.5, 0.6) is 5.75 Å². The van der Waals surface area contributed by atoms with E-state index < -0.39 is 10.0 Å². The van der Waals surface area contributed by atoms with Gasteiger partial charge in [-0.05, 0) is 30.7 Å². The summed E-state index contributed by atoms with van der Waals surface area (Å²) in [5, 5.41) is 9.55. The Labute approximate surface area is 105 Å². The first-order chi connectivity index (χ1) is 8.50. The predicted molar refractivity (Wildman–Crippen MR) is 67.9 cm³/mol. The molecule has 0 aliphatic carbocycles. The van der Waals surface area contributed by atoms with Gasteiger partial charge in [0.15, 0.2) is 0 Å². The number of aromatic nitrogens is 1. The minimum Gasteiger partial charge on any atom is -0.507 e. The van der Waals surface area contributed by atoms with Crippen molar-refractivity contribution < 1.29 is 13.5 Å². The van der Waals surface area contributed by atoms with Crippen LogP contribution in [0.25, 0.3) is 0 Å². The lowest BCUT2D eigenvalue weighted by atomic mass is 10.3. The number of nitrogens with zero attached hydrogens (tertiary/aromatic N) is 1. The highest BCUT2D eigenvalue weighted by Gasteiger charge is 2.19. The Balaban J connectivity index is 2.40. The van der Waals surface area contributed by atoms with Crippen LogP contribution in [0.2, 0.25) is 0 Å². The van der Waals surface area contributed by atoms with Gasteiger partial charge in [-0.25, -0.2) is 13.4 Å². The molecule has 2 aromatic rings. The first kappa shape index (κ1) is 12.4. The summed E-state index contributed by atoms with van der Waals surface area (Å²) < 4.78 is 26.5. The zero-order chi connectivity index (χ0) is 13.2. The molecule has 0 atom stereocenters. The lowest BCUT2D eigenvalue weighted by molar-refractivity contribution is 0.459. The van der Waals surface area contributed by atoms with Gasteiger partial charge in [-0.2, -0.15) is 0 Å². The number of phenols is 1. The molecule has 1 aromatic carbocycles. The summed E-state index contributed by atoms with van der Waals surface area (Å²) in [5.41, 5.74) is 0.705. The fourth-order valence-corrected chi connectivity index (χ4v) is 2.64. The number of hydrogen-bond acceptors (Lipinski definition) is 4. The van der Waals surface area contributed by atoms with Crippen LogP contribution in [0.15, 0.2) is 47.5 Å². The summed E-state index contributed by atoms with van der Waals surface area (Å²) in [6.07, 6.45) is 1.50. The van der Waals surface area contributed by atoms with E-state index in [-0.39, 0.29) is 16.5 Å². The van der Waals surface area contributed by atoms with E-state index in [1.165, 1.54) is 18.3 Å². The molecule has 1 heterocycles. The number of para-hydroxylation sites is 1. The molecule has 0 spiro atoms. The fourth-order valence-electron chi connectivity index (χ4n) is 1.46. The van der Waals surface area contributed by atoms with Crippen molar-refractivity contribution in [2.75, 3.05) is 4.72 Å². The predicted octanol–water partition coefficient (Wildman–Crippen LogP) is 1.90. The molecule has 6 heteroatoms. The first-order valence-corrected chi connectivity index (χ1v) is 6.71. The van der Waals surface area contributed by atoms with Crippen LogP contribution in [-0.4, -0.2) is 18.5 Å². The van der Waals surface area contributed by atoms with Gasteiger partial charge in [-0.1, -0.05) is 18.2 Å². The molecule has 0 radical (unpaired) electrons. The van der Waals surface area contributed by atoms with Crippen molar-refractivity contribution in [2.24, 2.45) is 0 Å². The van der Waals surface area contributed by atoms with E-state index in [9.17, 15) is 13.5 Å². The van der Waals surface area contributed by atoms with Gasteiger partial charge >= 0.3 is 0 Å². The molecule has 0 aliphatic heterocycles. The van der Waals surface area contributed by atoms with Crippen LogP contribution >= 0.6 is 0 Å².